The molecule has 1 rings (SSSR count). The van der Waals surface area contributed by atoms with Crippen LogP contribution in [0.3, 0.4) is 0 Å². The van der Waals surface area contributed by atoms with Gasteiger partial charge in [0.25, 0.3) is 0 Å². The molecular formula is C16H24N2O2S. The van der Waals surface area contributed by atoms with Gasteiger partial charge in [0.05, 0.1) is 0 Å². The minimum Gasteiger partial charge on any atom is -0.350 e. The number of carbonyl (C=O) groups is 2. The Balaban J connectivity index is 2.36. The van der Waals surface area contributed by atoms with Gasteiger partial charge in [0.2, 0.25) is 11.8 Å². The van der Waals surface area contributed by atoms with Crippen molar-refractivity contribution in [3.8, 4) is 0 Å². The molecule has 116 valence electrons. The molecule has 0 spiro atoms. The lowest BCUT2D eigenvalue weighted by atomic mass is 10.2. The van der Waals surface area contributed by atoms with Crippen LogP contribution in [0.5, 0.6) is 0 Å². The van der Waals surface area contributed by atoms with Gasteiger partial charge in [0.15, 0.2) is 0 Å². The summed E-state index contributed by atoms with van der Waals surface area (Å²) in [6, 6.07) is 9.09. The Morgan fingerprint density at radius 2 is 1.90 bits per heavy atom. The molecule has 0 unspecified atom stereocenters. The van der Waals surface area contributed by atoms with Crippen LogP contribution in [0.25, 0.3) is 0 Å². The summed E-state index contributed by atoms with van der Waals surface area (Å²) >= 11 is 4.14. The van der Waals surface area contributed by atoms with Crippen LogP contribution >= 0.6 is 12.6 Å². The van der Waals surface area contributed by atoms with Gasteiger partial charge in [-0.25, -0.2) is 0 Å². The molecule has 0 saturated heterocycles. The van der Waals surface area contributed by atoms with Gasteiger partial charge in [0, 0.05) is 18.7 Å². The highest BCUT2D eigenvalue weighted by Gasteiger charge is 2.18. The summed E-state index contributed by atoms with van der Waals surface area (Å²) in [6.45, 7) is 2.54. The van der Waals surface area contributed by atoms with Gasteiger partial charge >= 0.3 is 0 Å². The van der Waals surface area contributed by atoms with E-state index in [1.165, 1.54) is 0 Å². The van der Waals surface area contributed by atoms with Crippen molar-refractivity contribution in [3.05, 3.63) is 35.9 Å². The van der Waals surface area contributed by atoms with E-state index in [1.54, 1.807) is 0 Å². The number of unbranched alkanes of at least 4 members (excludes halogenated alkanes) is 2. The minimum atomic E-state index is -0.578. The van der Waals surface area contributed by atoms with E-state index in [0.717, 1.165) is 24.8 Å². The third-order valence-electron chi connectivity index (χ3n) is 3.15. The molecule has 0 fully saturated rings. The fraction of sp³-hybridized carbons (Fsp3) is 0.500. The Kier molecular flexibility index (Phi) is 8.59. The average molecular weight is 308 g/mol. The van der Waals surface area contributed by atoms with Crippen molar-refractivity contribution in [3.63, 3.8) is 0 Å². The molecule has 4 nitrogen and oxygen atoms in total. The van der Waals surface area contributed by atoms with Gasteiger partial charge in [-0.2, -0.15) is 12.6 Å². The number of carbonyl (C=O) groups excluding carboxylic acids is 2. The molecule has 2 N–H and O–H groups in total. The van der Waals surface area contributed by atoms with Gasteiger partial charge in [0.1, 0.15) is 6.04 Å². The maximum Gasteiger partial charge on any atom is 0.243 e. The molecule has 0 aliphatic carbocycles. The quantitative estimate of drug-likeness (QED) is 0.484. The maximum atomic E-state index is 12.0. The van der Waals surface area contributed by atoms with Crippen LogP contribution in [0.15, 0.2) is 30.3 Å². The van der Waals surface area contributed by atoms with Crippen molar-refractivity contribution in [2.24, 2.45) is 0 Å². The summed E-state index contributed by atoms with van der Waals surface area (Å²) in [5, 5.41) is 5.55. The molecule has 0 aliphatic rings. The average Bonchev–Trinajstić information content (AvgIpc) is 2.51. The summed E-state index contributed by atoms with van der Waals surface area (Å²) in [7, 11) is 0. The molecule has 0 heterocycles. The van der Waals surface area contributed by atoms with Crippen molar-refractivity contribution in [2.75, 3.05) is 5.75 Å². The van der Waals surface area contributed by atoms with Crippen LogP contribution in [0.4, 0.5) is 0 Å². The lowest BCUT2D eigenvalue weighted by Gasteiger charge is -2.16. The van der Waals surface area contributed by atoms with Crippen LogP contribution < -0.4 is 10.6 Å². The Morgan fingerprint density at radius 1 is 1.19 bits per heavy atom. The van der Waals surface area contributed by atoms with Crippen molar-refractivity contribution in [1.82, 2.24) is 10.6 Å². The topological polar surface area (TPSA) is 58.2 Å². The number of hydrogen-bond acceptors (Lipinski definition) is 3. The number of hydrogen-bond donors (Lipinski definition) is 3. The third-order valence-corrected chi connectivity index (χ3v) is 3.52. The predicted octanol–water partition coefficient (Wildman–Crippen LogP) is 2.30. The molecule has 0 saturated carbocycles. The van der Waals surface area contributed by atoms with E-state index in [2.05, 4.69) is 30.2 Å². The number of benzene rings is 1. The standard InChI is InChI=1S/C16H24N2O2S/c1-2-3-5-10-15(19)18-14(12-21)16(20)17-11-13-8-6-4-7-9-13/h4,6-9,14,21H,2-3,5,10-12H2,1H3,(H,17,20)(H,18,19)/t14-/m0/s1. The van der Waals surface area contributed by atoms with Gasteiger partial charge < -0.3 is 10.6 Å². The number of rotatable bonds is 9. The smallest absolute Gasteiger partial charge is 0.243 e. The molecule has 2 amide bonds. The van der Waals surface area contributed by atoms with E-state index >= 15 is 0 Å². The first-order chi connectivity index (χ1) is 10.2. The molecule has 0 aromatic heterocycles. The fourth-order valence-electron chi connectivity index (χ4n) is 1.90. The van der Waals surface area contributed by atoms with Crippen LogP contribution in [0, 0.1) is 0 Å². The van der Waals surface area contributed by atoms with Gasteiger partial charge in [-0.1, -0.05) is 50.1 Å². The summed E-state index contributed by atoms with van der Waals surface area (Å²) < 4.78 is 0. The second kappa shape index (κ2) is 10.3. The zero-order valence-corrected chi connectivity index (χ0v) is 13.4. The lowest BCUT2D eigenvalue weighted by Crippen LogP contribution is -2.47. The van der Waals surface area contributed by atoms with Crippen molar-refractivity contribution in [2.45, 2.75) is 45.2 Å². The number of nitrogens with one attached hydrogen (secondary N) is 2. The van der Waals surface area contributed by atoms with E-state index < -0.39 is 6.04 Å². The Bertz CT molecular complexity index is 437. The van der Waals surface area contributed by atoms with Gasteiger partial charge in [-0.3, -0.25) is 9.59 Å². The van der Waals surface area contributed by atoms with E-state index in [0.29, 0.717) is 18.7 Å². The summed E-state index contributed by atoms with van der Waals surface area (Å²) in [5.41, 5.74) is 1.03. The van der Waals surface area contributed by atoms with E-state index in [1.807, 2.05) is 30.3 Å². The van der Waals surface area contributed by atoms with Crippen molar-refractivity contribution < 1.29 is 9.59 Å². The van der Waals surface area contributed by atoms with Gasteiger partial charge in [-0.05, 0) is 12.0 Å². The van der Waals surface area contributed by atoms with Crippen LogP contribution in [0.1, 0.15) is 38.2 Å². The highest BCUT2D eigenvalue weighted by molar-refractivity contribution is 7.80. The second-order valence-corrected chi connectivity index (χ2v) is 5.33. The van der Waals surface area contributed by atoms with E-state index in [-0.39, 0.29) is 11.8 Å². The monoisotopic (exact) mass is 308 g/mol. The van der Waals surface area contributed by atoms with Gasteiger partial charge in [-0.15, -0.1) is 0 Å². The minimum absolute atomic E-state index is 0.0858. The lowest BCUT2D eigenvalue weighted by molar-refractivity contribution is -0.128. The summed E-state index contributed by atoms with van der Waals surface area (Å²) in [4.78, 5) is 23.8. The first kappa shape index (κ1) is 17.6. The Morgan fingerprint density at radius 3 is 2.52 bits per heavy atom. The molecule has 0 radical (unpaired) electrons. The van der Waals surface area contributed by atoms with E-state index in [9.17, 15) is 9.59 Å². The number of amides is 2. The highest BCUT2D eigenvalue weighted by atomic mass is 32.1. The largest absolute Gasteiger partial charge is 0.350 e. The zero-order valence-electron chi connectivity index (χ0n) is 12.5. The molecular weight excluding hydrogens is 284 g/mol. The maximum absolute atomic E-state index is 12.0. The molecule has 0 aliphatic heterocycles. The first-order valence-electron chi connectivity index (χ1n) is 7.39. The second-order valence-electron chi connectivity index (χ2n) is 4.96. The number of thiol groups is 1. The highest BCUT2D eigenvalue weighted by Crippen LogP contribution is 2.01. The Labute approximate surface area is 132 Å². The SMILES string of the molecule is CCCCCC(=O)N[C@@H](CS)C(=O)NCc1ccccc1. The van der Waals surface area contributed by atoms with Crippen LogP contribution in [-0.4, -0.2) is 23.6 Å². The molecule has 5 heteroatoms. The Hall–Kier alpha value is -1.49. The summed E-state index contributed by atoms with van der Waals surface area (Å²) in [6.07, 6.45) is 3.41. The van der Waals surface area contributed by atoms with Crippen molar-refractivity contribution in [1.29, 1.82) is 0 Å². The molecule has 1 atom stereocenters. The van der Waals surface area contributed by atoms with Crippen molar-refractivity contribution >= 4 is 24.4 Å². The molecule has 1 aromatic carbocycles. The third kappa shape index (κ3) is 7.18. The first-order valence-corrected chi connectivity index (χ1v) is 8.02. The summed E-state index contributed by atoms with van der Waals surface area (Å²) in [5.74, 6) is 0.00945. The van der Waals surface area contributed by atoms with E-state index in [4.69, 9.17) is 0 Å². The molecule has 0 bridgehead atoms. The zero-order chi connectivity index (χ0) is 15.5. The molecule has 1 aromatic rings. The fourth-order valence-corrected chi connectivity index (χ4v) is 2.16. The van der Waals surface area contributed by atoms with Crippen LogP contribution in [-0.2, 0) is 16.1 Å². The molecule has 21 heavy (non-hydrogen) atoms. The normalized spacial score (nSPS) is 11.7. The van der Waals surface area contributed by atoms with Crippen LogP contribution in [0.2, 0.25) is 0 Å². The predicted molar refractivity (Wildman–Crippen MR) is 88.2 cm³/mol.